The van der Waals surface area contributed by atoms with Gasteiger partial charge in [0.15, 0.2) is 0 Å². The molecule has 0 radical (unpaired) electrons. The van der Waals surface area contributed by atoms with E-state index in [9.17, 15) is 0 Å². The molecule has 0 aromatic rings. The second-order valence-electron chi connectivity index (χ2n) is 5.29. The Hall–Kier alpha value is -0.0800. The Bertz CT molecular complexity index is 144. The molecule has 0 heterocycles. The molecule has 0 aliphatic rings. The maximum atomic E-state index is 5.60. The summed E-state index contributed by atoms with van der Waals surface area (Å²) < 4.78 is 11.2. The minimum atomic E-state index is 0.295. The van der Waals surface area contributed by atoms with Crippen molar-refractivity contribution in [2.24, 2.45) is 5.41 Å². The molecular weight excluding hydrogens is 200 g/mol. The Balaban J connectivity index is 3.35. The second-order valence-corrected chi connectivity index (χ2v) is 5.29. The van der Waals surface area contributed by atoms with E-state index >= 15 is 0 Å². The molecule has 0 N–H and O–H groups in total. The fourth-order valence-electron chi connectivity index (χ4n) is 1.57. The molecule has 98 valence electrons. The van der Waals surface area contributed by atoms with E-state index in [0.29, 0.717) is 5.41 Å². The smallest absolute Gasteiger partial charge is 0.0517 e. The average Bonchev–Trinajstić information content (AvgIpc) is 2.23. The largest absolute Gasteiger partial charge is 0.381 e. The molecule has 2 heteroatoms. The Morgan fingerprint density at radius 2 is 1.50 bits per heavy atom. The molecule has 16 heavy (non-hydrogen) atoms. The molecule has 0 amide bonds. The first-order valence-corrected chi connectivity index (χ1v) is 6.78. The molecule has 0 atom stereocenters. The first-order valence-electron chi connectivity index (χ1n) is 6.78. The fraction of sp³-hybridized carbons (Fsp3) is 1.00. The molecule has 0 saturated carbocycles. The maximum absolute atomic E-state index is 5.60. The van der Waals surface area contributed by atoms with Crippen LogP contribution in [0.2, 0.25) is 0 Å². The van der Waals surface area contributed by atoms with Crippen LogP contribution < -0.4 is 0 Å². The molecule has 0 saturated heterocycles. The zero-order valence-corrected chi connectivity index (χ0v) is 11.7. The molecule has 2 nitrogen and oxygen atoms in total. The van der Waals surface area contributed by atoms with Crippen LogP contribution in [0.3, 0.4) is 0 Å². The first kappa shape index (κ1) is 15.9. The monoisotopic (exact) mass is 230 g/mol. The summed E-state index contributed by atoms with van der Waals surface area (Å²) in [4.78, 5) is 0. The molecular formula is C14H30O2. The van der Waals surface area contributed by atoms with Gasteiger partial charge in [0.2, 0.25) is 0 Å². The van der Waals surface area contributed by atoms with Crippen molar-refractivity contribution in [2.45, 2.75) is 59.8 Å². The van der Waals surface area contributed by atoms with E-state index in [1.54, 1.807) is 0 Å². The number of hydrogen-bond acceptors (Lipinski definition) is 2. The Morgan fingerprint density at radius 3 is 2.12 bits per heavy atom. The zero-order valence-electron chi connectivity index (χ0n) is 11.7. The zero-order chi connectivity index (χ0) is 12.3. The summed E-state index contributed by atoms with van der Waals surface area (Å²) >= 11 is 0. The van der Waals surface area contributed by atoms with Crippen LogP contribution in [-0.4, -0.2) is 26.4 Å². The fourth-order valence-corrected chi connectivity index (χ4v) is 1.57. The average molecular weight is 230 g/mol. The summed E-state index contributed by atoms with van der Waals surface area (Å²) in [5.74, 6) is 0. The Labute approximate surface area is 102 Å². The van der Waals surface area contributed by atoms with Crippen molar-refractivity contribution in [1.29, 1.82) is 0 Å². The third-order valence-corrected chi connectivity index (χ3v) is 2.63. The Morgan fingerprint density at radius 1 is 0.812 bits per heavy atom. The third kappa shape index (κ3) is 10.4. The molecule has 0 rings (SSSR count). The highest BCUT2D eigenvalue weighted by molar-refractivity contribution is 4.67. The highest BCUT2D eigenvalue weighted by atomic mass is 16.5. The summed E-state index contributed by atoms with van der Waals surface area (Å²) in [6.45, 7) is 12.5. The van der Waals surface area contributed by atoms with Crippen molar-refractivity contribution in [1.82, 2.24) is 0 Å². The molecule has 0 aliphatic heterocycles. The van der Waals surface area contributed by atoms with E-state index in [-0.39, 0.29) is 0 Å². The summed E-state index contributed by atoms with van der Waals surface area (Å²) in [5.41, 5.74) is 0.295. The summed E-state index contributed by atoms with van der Waals surface area (Å²) in [6, 6.07) is 0. The lowest BCUT2D eigenvalue weighted by Crippen LogP contribution is -2.20. The van der Waals surface area contributed by atoms with Gasteiger partial charge in [-0.25, -0.2) is 0 Å². The van der Waals surface area contributed by atoms with Crippen LogP contribution in [0.15, 0.2) is 0 Å². The summed E-state index contributed by atoms with van der Waals surface area (Å²) in [7, 11) is 0. The molecule has 0 spiro atoms. The van der Waals surface area contributed by atoms with Gasteiger partial charge in [0.25, 0.3) is 0 Å². The SMILES string of the molecule is CCCCOCCCC(C)(C)COCCC. The number of rotatable bonds is 11. The van der Waals surface area contributed by atoms with Crippen molar-refractivity contribution >= 4 is 0 Å². The quantitative estimate of drug-likeness (QED) is 0.499. The highest BCUT2D eigenvalue weighted by Gasteiger charge is 2.17. The lowest BCUT2D eigenvalue weighted by Gasteiger charge is -2.24. The maximum Gasteiger partial charge on any atom is 0.0517 e. The summed E-state index contributed by atoms with van der Waals surface area (Å²) in [6.07, 6.45) is 5.84. The summed E-state index contributed by atoms with van der Waals surface area (Å²) in [5, 5.41) is 0. The molecule has 0 bridgehead atoms. The predicted octanol–water partition coefficient (Wildman–Crippen LogP) is 4.04. The Kier molecular flexibility index (Phi) is 10.0. The lowest BCUT2D eigenvalue weighted by atomic mass is 9.89. The highest BCUT2D eigenvalue weighted by Crippen LogP contribution is 2.22. The predicted molar refractivity (Wildman–Crippen MR) is 69.9 cm³/mol. The van der Waals surface area contributed by atoms with Gasteiger partial charge in [0.05, 0.1) is 6.61 Å². The van der Waals surface area contributed by atoms with Crippen LogP contribution in [0.5, 0.6) is 0 Å². The van der Waals surface area contributed by atoms with Crippen LogP contribution in [0.4, 0.5) is 0 Å². The number of hydrogen-bond donors (Lipinski definition) is 0. The van der Waals surface area contributed by atoms with Gasteiger partial charge in [0, 0.05) is 19.8 Å². The van der Waals surface area contributed by atoms with Gasteiger partial charge >= 0.3 is 0 Å². The molecule has 0 aromatic carbocycles. The normalized spacial score (nSPS) is 12.0. The van der Waals surface area contributed by atoms with Crippen LogP contribution in [-0.2, 0) is 9.47 Å². The van der Waals surface area contributed by atoms with Crippen LogP contribution >= 0.6 is 0 Å². The van der Waals surface area contributed by atoms with Crippen molar-refractivity contribution in [2.75, 3.05) is 26.4 Å². The molecule has 0 fully saturated rings. The van der Waals surface area contributed by atoms with Crippen molar-refractivity contribution in [3.05, 3.63) is 0 Å². The molecule has 0 aromatic heterocycles. The van der Waals surface area contributed by atoms with E-state index in [4.69, 9.17) is 9.47 Å². The minimum absolute atomic E-state index is 0.295. The van der Waals surface area contributed by atoms with Crippen LogP contribution in [0, 0.1) is 5.41 Å². The first-order chi connectivity index (χ1) is 7.62. The number of ether oxygens (including phenoxy) is 2. The van der Waals surface area contributed by atoms with Gasteiger partial charge in [-0.1, -0.05) is 34.1 Å². The van der Waals surface area contributed by atoms with Crippen molar-refractivity contribution in [3.63, 3.8) is 0 Å². The van der Waals surface area contributed by atoms with Crippen LogP contribution in [0.1, 0.15) is 59.8 Å². The van der Waals surface area contributed by atoms with Gasteiger partial charge in [-0.15, -0.1) is 0 Å². The molecule has 0 aliphatic carbocycles. The topological polar surface area (TPSA) is 18.5 Å². The van der Waals surface area contributed by atoms with Crippen LogP contribution in [0.25, 0.3) is 0 Å². The second kappa shape index (κ2) is 10.1. The van der Waals surface area contributed by atoms with Gasteiger partial charge in [-0.3, -0.25) is 0 Å². The van der Waals surface area contributed by atoms with Crippen molar-refractivity contribution < 1.29 is 9.47 Å². The van der Waals surface area contributed by atoms with E-state index in [1.165, 1.54) is 19.3 Å². The van der Waals surface area contributed by atoms with Crippen molar-refractivity contribution in [3.8, 4) is 0 Å². The standard InChI is InChI=1S/C14H30O2/c1-5-7-11-15-12-8-9-14(3,4)13-16-10-6-2/h5-13H2,1-4H3. The van der Waals surface area contributed by atoms with E-state index < -0.39 is 0 Å². The van der Waals surface area contributed by atoms with Gasteiger partial charge in [-0.2, -0.15) is 0 Å². The lowest BCUT2D eigenvalue weighted by molar-refractivity contribution is 0.0489. The van der Waals surface area contributed by atoms with E-state index in [1.807, 2.05) is 0 Å². The third-order valence-electron chi connectivity index (χ3n) is 2.63. The van der Waals surface area contributed by atoms with Gasteiger partial charge in [0.1, 0.15) is 0 Å². The molecule has 0 unspecified atom stereocenters. The van der Waals surface area contributed by atoms with Gasteiger partial charge < -0.3 is 9.47 Å². The minimum Gasteiger partial charge on any atom is -0.381 e. The van der Waals surface area contributed by atoms with Gasteiger partial charge in [-0.05, 0) is 31.1 Å². The number of unbranched alkanes of at least 4 members (excludes halogenated alkanes) is 1. The van der Waals surface area contributed by atoms with E-state index in [2.05, 4.69) is 27.7 Å². The van der Waals surface area contributed by atoms with E-state index in [0.717, 1.165) is 39.3 Å².